The Hall–Kier alpha value is 2.13. The second-order valence-electron chi connectivity index (χ2n) is 3.60. The topological polar surface area (TPSA) is 3.24 Å². The number of nitrogens with zero attached hydrogens (tertiary/aromatic N) is 1. The van der Waals surface area contributed by atoms with E-state index < -0.39 is 12.0 Å². The minimum Gasteiger partial charge on any atom is -0.299 e. The van der Waals surface area contributed by atoms with Crippen molar-refractivity contribution in [2.75, 3.05) is 13.1 Å². The molecule has 0 aromatic carbocycles. The van der Waals surface area contributed by atoms with Gasteiger partial charge in [-0.05, 0) is 32.0 Å². The molecular formula is C6H11Cl6NSi2. The summed E-state index contributed by atoms with van der Waals surface area (Å²) >= 11 is 35.2. The highest BCUT2D eigenvalue weighted by Gasteiger charge is 2.45. The van der Waals surface area contributed by atoms with Crippen LogP contribution >= 0.6 is 66.5 Å². The average molecular weight is 366 g/mol. The highest BCUT2D eigenvalue weighted by molar-refractivity contribution is 7.65. The van der Waals surface area contributed by atoms with Crippen molar-refractivity contribution in [3.05, 3.63) is 0 Å². The van der Waals surface area contributed by atoms with Gasteiger partial charge in [-0.25, -0.2) is 0 Å². The Bertz CT molecular complexity index is 215. The number of hydrogen-bond donors (Lipinski definition) is 0. The number of rotatable bonds is 5. The monoisotopic (exact) mass is 363 g/mol. The zero-order valence-corrected chi connectivity index (χ0v) is 14.4. The van der Waals surface area contributed by atoms with Gasteiger partial charge in [-0.15, -0.1) is 66.5 Å². The Morgan fingerprint density at radius 3 is 2.00 bits per heavy atom. The van der Waals surface area contributed by atoms with Crippen LogP contribution in [-0.4, -0.2) is 35.7 Å². The van der Waals surface area contributed by atoms with Crippen molar-refractivity contribution in [3.8, 4) is 0 Å². The van der Waals surface area contributed by atoms with Gasteiger partial charge in [0.15, 0.2) is 0 Å². The van der Waals surface area contributed by atoms with Crippen molar-refractivity contribution in [1.29, 1.82) is 0 Å². The zero-order chi connectivity index (χ0) is 11.7. The largest absolute Gasteiger partial charge is 0.357 e. The van der Waals surface area contributed by atoms with Crippen LogP contribution in [0.25, 0.3) is 0 Å². The van der Waals surface area contributed by atoms with E-state index >= 15 is 0 Å². The van der Waals surface area contributed by atoms with Crippen LogP contribution in [0, 0.1) is 0 Å². The van der Waals surface area contributed by atoms with E-state index in [4.69, 9.17) is 66.5 Å². The SMILES string of the molecule is Cl[Si](Cl)(Cl)CCCN1CCC1[Si](Cl)(Cl)Cl. The molecule has 1 fully saturated rings. The quantitative estimate of drug-likeness (QED) is 0.518. The molecule has 9 heteroatoms. The van der Waals surface area contributed by atoms with Crippen LogP contribution in [-0.2, 0) is 0 Å². The van der Waals surface area contributed by atoms with Gasteiger partial charge in [0, 0.05) is 5.67 Å². The van der Waals surface area contributed by atoms with E-state index in [1.807, 2.05) is 0 Å². The molecule has 0 saturated carbocycles. The summed E-state index contributed by atoms with van der Waals surface area (Å²) in [5, 5.41) is 0. The molecule has 0 aromatic rings. The molecule has 90 valence electrons. The van der Waals surface area contributed by atoms with Gasteiger partial charge in [0.1, 0.15) is 0 Å². The van der Waals surface area contributed by atoms with Crippen molar-refractivity contribution in [1.82, 2.24) is 4.90 Å². The van der Waals surface area contributed by atoms with Gasteiger partial charge in [0.2, 0.25) is 0 Å². The van der Waals surface area contributed by atoms with Crippen LogP contribution in [0.3, 0.4) is 0 Å². The molecule has 1 saturated heterocycles. The van der Waals surface area contributed by atoms with Crippen LogP contribution in [0.1, 0.15) is 12.8 Å². The van der Waals surface area contributed by atoms with Crippen LogP contribution in [0.5, 0.6) is 0 Å². The molecule has 1 heterocycles. The fourth-order valence-electron chi connectivity index (χ4n) is 1.56. The summed E-state index contributed by atoms with van der Waals surface area (Å²) in [6.45, 7) is 1.86. The first-order valence-electron chi connectivity index (χ1n) is 4.58. The molecule has 1 atom stereocenters. The minimum absolute atomic E-state index is 0.152. The van der Waals surface area contributed by atoms with Gasteiger partial charge in [0.25, 0.3) is 0 Å². The van der Waals surface area contributed by atoms with E-state index in [1.54, 1.807) is 0 Å². The lowest BCUT2D eigenvalue weighted by atomic mass is 10.2. The third kappa shape index (κ3) is 5.53. The lowest BCUT2D eigenvalue weighted by Crippen LogP contribution is -2.57. The van der Waals surface area contributed by atoms with E-state index in [9.17, 15) is 0 Å². The first-order valence-corrected chi connectivity index (χ1v) is 14.9. The molecule has 1 aliphatic heterocycles. The predicted molar refractivity (Wildman–Crippen MR) is 76.0 cm³/mol. The molecule has 1 rings (SSSR count). The summed E-state index contributed by atoms with van der Waals surface area (Å²) < 4.78 is 0. The highest BCUT2D eigenvalue weighted by Crippen LogP contribution is 2.36. The molecule has 0 aromatic heterocycles. The molecule has 1 aliphatic rings. The number of likely N-dealkylation sites (tertiary alicyclic amines) is 1. The Balaban J connectivity index is 2.24. The Morgan fingerprint density at radius 2 is 1.67 bits per heavy atom. The molecule has 0 amide bonds. The van der Waals surface area contributed by atoms with Crippen LogP contribution < -0.4 is 0 Å². The lowest BCUT2D eigenvalue weighted by molar-refractivity contribution is 0.146. The Kier molecular flexibility index (Phi) is 5.92. The van der Waals surface area contributed by atoms with Crippen molar-refractivity contribution >= 4 is 78.5 Å². The smallest absolute Gasteiger partial charge is 0.299 e. The predicted octanol–water partition coefficient (Wildman–Crippen LogP) is 4.30. The first-order chi connectivity index (χ1) is 6.70. The van der Waals surface area contributed by atoms with Gasteiger partial charge in [-0.3, -0.25) is 4.90 Å². The second kappa shape index (κ2) is 5.85. The fourth-order valence-corrected chi connectivity index (χ4v) is 6.68. The van der Waals surface area contributed by atoms with Crippen molar-refractivity contribution in [3.63, 3.8) is 0 Å². The third-order valence-electron chi connectivity index (χ3n) is 2.41. The normalized spacial score (nSPS) is 24.0. The Labute approximate surface area is 120 Å². The molecule has 0 radical (unpaired) electrons. The molecule has 0 aliphatic carbocycles. The third-order valence-corrected chi connectivity index (χ3v) is 8.71. The van der Waals surface area contributed by atoms with E-state index in [0.717, 1.165) is 25.9 Å². The van der Waals surface area contributed by atoms with Crippen LogP contribution in [0.2, 0.25) is 6.04 Å². The summed E-state index contributed by atoms with van der Waals surface area (Å²) in [7, 11) is 0. The molecule has 1 unspecified atom stereocenters. The molecule has 15 heavy (non-hydrogen) atoms. The van der Waals surface area contributed by atoms with Crippen molar-refractivity contribution in [2.24, 2.45) is 0 Å². The van der Waals surface area contributed by atoms with E-state index in [-0.39, 0.29) is 5.67 Å². The number of halogens is 6. The second-order valence-corrected chi connectivity index (χ2v) is 21.7. The summed E-state index contributed by atoms with van der Waals surface area (Å²) in [5.74, 6) is 0. The summed E-state index contributed by atoms with van der Waals surface area (Å²) in [6.07, 6.45) is 1.85. The molecule has 1 nitrogen and oxygen atoms in total. The van der Waals surface area contributed by atoms with Gasteiger partial charge in [-0.2, -0.15) is 0 Å². The van der Waals surface area contributed by atoms with E-state index in [0.29, 0.717) is 6.04 Å². The maximum Gasteiger partial charge on any atom is 0.357 e. The summed E-state index contributed by atoms with van der Waals surface area (Å²) in [6, 6.07) is -4.39. The van der Waals surface area contributed by atoms with E-state index in [2.05, 4.69) is 4.90 Å². The number of hydrogen-bond acceptors (Lipinski definition) is 1. The molecule has 0 N–H and O–H groups in total. The van der Waals surface area contributed by atoms with Gasteiger partial charge in [0.05, 0.1) is 0 Å². The molecule has 0 spiro atoms. The maximum absolute atomic E-state index is 5.96. The summed E-state index contributed by atoms with van der Waals surface area (Å²) in [4.78, 5) is 2.18. The van der Waals surface area contributed by atoms with Gasteiger partial charge >= 0.3 is 12.0 Å². The van der Waals surface area contributed by atoms with Crippen molar-refractivity contribution < 1.29 is 0 Å². The van der Waals surface area contributed by atoms with E-state index in [1.165, 1.54) is 0 Å². The fraction of sp³-hybridized carbons (Fsp3) is 1.00. The van der Waals surface area contributed by atoms with Gasteiger partial charge in [-0.1, -0.05) is 0 Å². The maximum atomic E-state index is 5.96. The van der Waals surface area contributed by atoms with Crippen LogP contribution in [0.4, 0.5) is 0 Å². The van der Waals surface area contributed by atoms with Crippen LogP contribution in [0.15, 0.2) is 0 Å². The van der Waals surface area contributed by atoms with Gasteiger partial charge < -0.3 is 0 Å². The minimum atomic E-state index is -2.58. The van der Waals surface area contributed by atoms with Crippen molar-refractivity contribution in [2.45, 2.75) is 24.6 Å². The lowest BCUT2D eigenvalue weighted by Gasteiger charge is -2.43. The molecule has 0 bridgehead atoms. The zero-order valence-electron chi connectivity index (χ0n) is 7.83. The molecular weight excluding hydrogens is 355 g/mol. The summed E-state index contributed by atoms with van der Waals surface area (Å²) in [5.41, 5.74) is 0.152. The standard InChI is InChI=1S/C6H11Cl6NSi2/c7-14(8,9)5-1-3-13-4-2-6(13)15(10,11)12/h6H,1-5H2. The average Bonchev–Trinajstić information content (AvgIpc) is 1.89. The Morgan fingerprint density at radius 1 is 1.07 bits per heavy atom. The first kappa shape index (κ1) is 15.2. The highest BCUT2D eigenvalue weighted by atomic mass is 35.8.